The number of hydrogen-bond acceptors (Lipinski definition) is 2. The van der Waals surface area contributed by atoms with E-state index in [2.05, 4.69) is 12.2 Å². The summed E-state index contributed by atoms with van der Waals surface area (Å²) >= 11 is 6.09. The third-order valence-corrected chi connectivity index (χ3v) is 7.92. The minimum absolute atomic E-state index is 0.0854. The maximum Gasteiger partial charge on any atom is 0.271 e. The molecule has 1 aliphatic carbocycles. The number of nitrogens with zero attached hydrogens (tertiary/aromatic N) is 2. The van der Waals surface area contributed by atoms with E-state index in [0.717, 1.165) is 42.5 Å². The van der Waals surface area contributed by atoms with Gasteiger partial charge in [-0.2, -0.15) is 0 Å². The highest BCUT2D eigenvalue weighted by Gasteiger charge is 2.48. The molecule has 2 aromatic carbocycles. The fourth-order valence-corrected chi connectivity index (χ4v) is 5.53. The van der Waals surface area contributed by atoms with Gasteiger partial charge in [0.2, 0.25) is 5.91 Å². The average molecular weight is 490 g/mol. The Balaban J connectivity index is 1.51. The fourth-order valence-electron chi connectivity index (χ4n) is 5.40. The number of amides is 2. The lowest BCUT2D eigenvalue weighted by Crippen LogP contribution is -2.64. The predicted octanol–water partition coefficient (Wildman–Crippen LogP) is 5.92. The van der Waals surface area contributed by atoms with E-state index < -0.39 is 5.54 Å². The molecule has 1 atom stereocenters. The van der Waals surface area contributed by atoms with Gasteiger partial charge in [0.15, 0.2) is 0 Å². The molecule has 1 aliphatic heterocycles. The van der Waals surface area contributed by atoms with Gasteiger partial charge in [0.25, 0.3) is 5.91 Å². The molecule has 1 N–H and O–H groups in total. The molecule has 0 spiro atoms. The maximum absolute atomic E-state index is 13.9. The topological polar surface area (TPSA) is 54.3 Å². The Hall–Kier alpha value is -3.05. The van der Waals surface area contributed by atoms with Crippen LogP contribution in [-0.4, -0.2) is 32.9 Å². The standard InChI is InChI=1S/C29H32ClN3O2/c1-20-8-14-24(15-9-20)31-28(35)29(2)19-32-25(22-6-4-3-5-7-22)16-17-26(32)27(34)33(29)18-21-10-12-23(30)13-11-21/h3-7,10-13,16-17,20,24H,8-9,14-15,18-19H2,1-2H3,(H,31,35)/t20?,24?,29-/m0/s1. The lowest BCUT2D eigenvalue weighted by molar-refractivity contribution is -0.134. The maximum atomic E-state index is 13.9. The van der Waals surface area contributed by atoms with Crippen LogP contribution in [0.4, 0.5) is 0 Å². The fraction of sp³-hybridized carbons (Fsp3) is 0.379. The average Bonchev–Trinajstić information content (AvgIpc) is 3.28. The molecule has 0 unspecified atom stereocenters. The molecule has 2 amide bonds. The van der Waals surface area contributed by atoms with Crippen molar-refractivity contribution in [3.63, 3.8) is 0 Å². The van der Waals surface area contributed by atoms with Gasteiger partial charge in [-0.3, -0.25) is 9.59 Å². The molecule has 0 radical (unpaired) electrons. The Kier molecular flexibility index (Phi) is 6.45. The smallest absolute Gasteiger partial charge is 0.271 e. The summed E-state index contributed by atoms with van der Waals surface area (Å²) in [5, 5.41) is 3.96. The van der Waals surface area contributed by atoms with Crippen molar-refractivity contribution in [3.05, 3.63) is 83.0 Å². The van der Waals surface area contributed by atoms with Crippen LogP contribution in [0.3, 0.4) is 0 Å². The van der Waals surface area contributed by atoms with Gasteiger partial charge in [-0.1, -0.05) is 61.0 Å². The van der Waals surface area contributed by atoms with Crippen molar-refractivity contribution in [3.8, 4) is 11.3 Å². The molecule has 0 saturated heterocycles. The number of carbonyl (C=O) groups excluding carboxylic acids is 2. The molecule has 5 nitrogen and oxygen atoms in total. The molecular formula is C29H32ClN3O2. The largest absolute Gasteiger partial charge is 0.351 e. The summed E-state index contributed by atoms with van der Waals surface area (Å²) in [4.78, 5) is 29.5. The SMILES string of the molecule is CC1CCC(NC(=O)[C@]2(C)Cn3c(ccc3-c3ccccc3)C(=O)N2Cc2ccc(Cl)cc2)CC1. The van der Waals surface area contributed by atoms with Crippen LogP contribution in [0.2, 0.25) is 5.02 Å². The highest BCUT2D eigenvalue weighted by Crippen LogP contribution is 2.35. The summed E-state index contributed by atoms with van der Waals surface area (Å²) in [5.74, 6) is 0.480. The lowest BCUT2D eigenvalue weighted by atomic mass is 9.86. The predicted molar refractivity (Wildman–Crippen MR) is 139 cm³/mol. The Bertz CT molecular complexity index is 1210. The van der Waals surface area contributed by atoms with Crippen molar-refractivity contribution in [2.75, 3.05) is 0 Å². The van der Waals surface area contributed by atoms with Gasteiger partial charge in [0.05, 0.1) is 6.54 Å². The van der Waals surface area contributed by atoms with Crippen molar-refractivity contribution in [2.24, 2.45) is 5.92 Å². The van der Waals surface area contributed by atoms with E-state index in [9.17, 15) is 9.59 Å². The van der Waals surface area contributed by atoms with Gasteiger partial charge < -0.3 is 14.8 Å². The zero-order valence-electron chi connectivity index (χ0n) is 20.3. The minimum atomic E-state index is -1.03. The highest BCUT2D eigenvalue weighted by atomic mass is 35.5. The summed E-state index contributed by atoms with van der Waals surface area (Å²) < 4.78 is 2.01. The van der Waals surface area contributed by atoms with Crippen LogP contribution >= 0.6 is 11.6 Å². The van der Waals surface area contributed by atoms with Gasteiger partial charge in [-0.25, -0.2) is 0 Å². The zero-order valence-corrected chi connectivity index (χ0v) is 21.1. The van der Waals surface area contributed by atoms with Gasteiger partial charge in [-0.05, 0) is 73.9 Å². The molecule has 182 valence electrons. The van der Waals surface area contributed by atoms with Crippen LogP contribution < -0.4 is 5.32 Å². The number of benzene rings is 2. The number of hydrogen-bond donors (Lipinski definition) is 1. The molecule has 1 fully saturated rings. The van der Waals surface area contributed by atoms with Crippen molar-refractivity contribution in [1.82, 2.24) is 14.8 Å². The second kappa shape index (κ2) is 9.54. The first-order valence-corrected chi connectivity index (χ1v) is 12.9. The number of nitrogens with one attached hydrogen (secondary N) is 1. The van der Waals surface area contributed by atoms with Crippen LogP contribution in [0.25, 0.3) is 11.3 Å². The summed E-state index contributed by atoms with van der Waals surface area (Å²) in [7, 11) is 0. The Morgan fingerprint density at radius 2 is 1.63 bits per heavy atom. The third-order valence-electron chi connectivity index (χ3n) is 7.67. The normalized spacial score (nSPS) is 24.2. The number of carbonyl (C=O) groups is 2. The second-order valence-corrected chi connectivity index (χ2v) is 10.7. The van der Waals surface area contributed by atoms with Gasteiger partial charge in [0.1, 0.15) is 11.2 Å². The summed E-state index contributed by atoms with van der Waals surface area (Å²) in [6.07, 6.45) is 4.21. The molecule has 35 heavy (non-hydrogen) atoms. The lowest BCUT2D eigenvalue weighted by Gasteiger charge is -2.45. The molecule has 5 rings (SSSR count). The van der Waals surface area contributed by atoms with Gasteiger partial charge in [-0.15, -0.1) is 0 Å². The molecule has 2 aliphatic rings. The van der Waals surface area contributed by atoms with Crippen LogP contribution in [0.1, 0.15) is 55.6 Å². The highest BCUT2D eigenvalue weighted by molar-refractivity contribution is 6.30. The molecule has 6 heteroatoms. The third kappa shape index (κ3) is 4.62. The Labute approximate surface area is 212 Å². The number of aromatic nitrogens is 1. The summed E-state index contributed by atoms with van der Waals surface area (Å²) in [5.41, 5.74) is 2.49. The van der Waals surface area contributed by atoms with Crippen molar-refractivity contribution in [1.29, 1.82) is 0 Å². The van der Waals surface area contributed by atoms with Crippen LogP contribution in [0.15, 0.2) is 66.7 Å². The molecule has 2 heterocycles. The number of rotatable bonds is 5. The quantitative estimate of drug-likeness (QED) is 0.483. The first-order chi connectivity index (χ1) is 16.8. The van der Waals surface area contributed by atoms with E-state index in [1.807, 2.05) is 78.2 Å². The van der Waals surface area contributed by atoms with Gasteiger partial charge in [0, 0.05) is 23.3 Å². The first kappa shape index (κ1) is 23.7. The van der Waals surface area contributed by atoms with Crippen LogP contribution in [0, 0.1) is 5.92 Å². The number of halogens is 1. The van der Waals surface area contributed by atoms with E-state index >= 15 is 0 Å². The van der Waals surface area contributed by atoms with E-state index in [1.165, 1.54) is 0 Å². The van der Waals surface area contributed by atoms with Crippen molar-refractivity contribution < 1.29 is 9.59 Å². The molecule has 0 bridgehead atoms. The van der Waals surface area contributed by atoms with Gasteiger partial charge >= 0.3 is 0 Å². The van der Waals surface area contributed by atoms with E-state index in [4.69, 9.17) is 11.6 Å². The summed E-state index contributed by atoms with van der Waals surface area (Å²) in [6, 6.07) is 21.5. The molecule has 1 saturated carbocycles. The summed E-state index contributed by atoms with van der Waals surface area (Å²) in [6.45, 7) is 4.91. The monoisotopic (exact) mass is 489 g/mol. The molecule has 3 aromatic rings. The van der Waals surface area contributed by atoms with Crippen molar-refractivity contribution in [2.45, 2.75) is 64.2 Å². The molecule has 1 aromatic heterocycles. The Morgan fingerprint density at radius 3 is 2.31 bits per heavy atom. The molecular weight excluding hydrogens is 458 g/mol. The van der Waals surface area contributed by atoms with E-state index in [0.29, 0.717) is 29.7 Å². The van der Waals surface area contributed by atoms with E-state index in [-0.39, 0.29) is 17.9 Å². The van der Waals surface area contributed by atoms with Crippen LogP contribution in [0.5, 0.6) is 0 Å². The second-order valence-electron chi connectivity index (χ2n) is 10.3. The number of fused-ring (bicyclic) bond motifs is 1. The minimum Gasteiger partial charge on any atom is -0.351 e. The first-order valence-electron chi connectivity index (χ1n) is 12.5. The Morgan fingerprint density at radius 1 is 0.971 bits per heavy atom. The van der Waals surface area contributed by atoms with E-state index in [1.54, 1.807) is 4.90 Å². The zero-order chi connectivity index (χ0) is 24.6. The van der Waals surface area contributed by atoms with Crippen molar-refractivity contribution >= 4 is 23.4 Å². The van der Waals surface area contributed by atoms with Crippen LogP contribution in [-0.2, 0) is 17.9 Å².